The molecule has 0 fully saturated rings. The Morgan fingerprint density at radius 3 is 2.07 bits per heavy atom. The van der Waals surface area contributed by atoms with E-state index in [1.807, 2.05) is 0 Å². The molecule has 0 aliphatic heterocycles. The van der Waals surface area contributed by atoms with E-state index < -0.39 is 0 Å². The fraction of sp³-hybridized carbons (Fsp3) is 0.462. The van der Waals surface area contributed by atoms with Gasteiger partial charge in [0.1, 0.15) is 5.75 Å². The number of rotatable bonds is 9. The highest BCUT2D eigenvalue weighted by Gasteiger charge is 2.11. The first-order chi connectivity index (χ1) is 13.3. The lowest BCUT2D eigenvalue weighted by molar-refractivity contribution is 0.304. The summed E-state index contributed by atoms with van der Waals surface area (Å²) < 4.78 is 5.88. The van der Waals surface area contributed by atoms with Gasteiger partial charge >= 0.3 is 0 Å². The highest BCUT2D eigenvalue weighted by atomic mass is 16.5. The smallest absolute Gasteiger partial charge is 0.119 e. The van der Waals surface area contributed by atoms with Crippen LogP contribution in [0.5, 0.6) is 5.75 Å². The summed E-state index contributed by atoms with van der Waals surface area (Å²) in [6.45, 7) is 5.42. The molecule has 1 unspecified atom stereocenters. The van der Waals surface area contributed by atoms with E-state index >= 15 is 0 Å². The second-order valence-electron chi connectivity index (χ2n) is 7.97. The highest BCUT2D eigenvalue weighted by Crippen LogP contribution is 2.31. The molecule has 144 valence electrons. The maximum absolute atomic E-state index is 5.88. The van der Waals surface area contributed by atoms with Crippen LogP contribution in [0.1, 0.15) is 70.8 Å². The maximum atomic E-state index is 5.88. The van der Waals surface area contributed by atoms with Gasteiger partial charge in [-0.05, 0) is 66.0 Å². The minimum absolute atomic E-state index is 0.825. The summed E-state index contributed by atoms with van der Waals surface area (Å²) in [6, 6.07) is 17.6. The zero-order chi connectivity index (χ0) is 18.9. The Morgan fingerprint density at radius 1 is 0.815 bits per heavy atom. The van der Waals surface area contributed by atoms with Crippen molar-refractivity contribution in [1.29, 1.82) is 0 Å². The van der Waals surface area contributed by atoms with E-state index in [1.54, 1.807) is 0 Å². The van der Waals surface area contributed by atoms with E-state index in [1.165, 1.54) is 67.2 Å². The number of unbranched alkanes of at least 4 members (excludes halogenated alkanes) is 4. The van der Waals surface area contributed by atoms with Crippen molar-refractivity contribution < 1.29 is 4.74 Å². The predicted octanol–water partition coefficient (Wildman–Crippen LogP) is 7.91. The van der Waals surface area contributed by atoms with Gasteiger partial charge in [-0.15, -0.1) is 0 Å². The lowest BCUT2D eigenvalue weighted by atomic mass is 9.87. The molecule has 2 aromatic rings. The van der Waals surface area contributed by atoms with Crippen LogP contribution < -0.4 is 4.74 Å². The van der Waals surface area contributed by atoms with Gasteiger partial charge in [-0.3, -0.25) is 0 Å². The van der Waals surface area contributed by atoms with Gasteiger partial charge in [-0.25, -0.2) is 0 Å². The summed E-state index contributed by atoms with van der Waals surface area (Å²) in [6.07, 6.45) is 12.5. The lowest BCUT2D eigenvalue weighted by Gasteiger charge is -2.18. The average molecular weight is 363 g/mol. The molecule has 1 aliphatic rings. The van der Waals surface area contributed by atoms with Gasteiger partial charge in [-0.2, -0.15) is 0 Å². The quantitative estimate of drug-likeness (QED) is 0.412. The molecule has 0 bridgehead atoms. The fourth-order valence-corrected chi connectivity index (χ4v) is 3.74. The summed E-state index contributed by atoms with van der Waals surface area (Å²) in [7, 11) is 0. The van der Waals surface area contributed by atoms with Gasteiger partial charge in [0.15, 0.2) is 0 Å². The third-order valence-electron chi connectivity index (χ3n) is 5.63. The van der Waals surface area contributed by atoms with Crippen molar-refractivity contribution in [1.82, 2.24) is 0 Å². The third-order valence-corrected chi connectivity index (χ3v) is 5.63. The van der Waals surface area contributed by atoms with Gasteiger partial charge in [0.25, 0.3) is 0 Å². The van der Waals surface area contributed by atoms with Crippen LogP contribution in [-0.2, 0) is 0 Å². The van der Waals surface area contributed by atoms with Gasteiger partial charge in [0.2, 0.25) is 0 Å². The Labute approximate surface area is 165 Å². The molecule has 27 heavy (non-hydrogen) atoms. The summed E-state index contributed by atoms with van der Waals surface area (Å²) >= 11 is 0. The Morgan fingerprint density at radius 2 is 1.44 bits per heavy atom. The first-order valence-electron chi connectivity index (χ1n) is 10.8. The molecule has 1 nitrogen and oxygen atoms in total. The molecule has 1 aliphatic carbocycles. The zero-order valence-electron chi connectivity index (χ0n) is 17.0. The van der Waals surface area contributed by atoms with Crippen molar-refractivity contribution in [2.45, 2.75) is 65.2 Å². The van der Waals surface area contributed by atoms with E-state index in [4.69, 9.17) is 4.74 Å². The van der Waals surface area contributed by atoms with Crippen molar-refractivity contribution in [2.24, 2.45) is 5.92 Å². The monoisotopic (exact) mass is 362 g/mol. The zero-order valence-corrected chi connectivity index (χ0v) is 17.0. The van der Waals surface area contributed by atoms with Crippen LogP contribution in [0.4, 0.5) is 0 Å². The van der Waals surface area contributed by atoms with E-state index in [9.17, 15) is 0 Å². The van der Waals surface area contributed by atoms with Crippen molar-refractivity contribution in [3.63, 3.8) is 0 Å². The van der Waals surface area contributed by atoms with Crippen LogP contribution in [0.15, 0.2) is 54.6 Å². The number of benzene rings is 2. The summed E-state index contributed by atoms with van der Waals surface area (Å²) in [4.78, 5) is 0. The minimum Gasteiger partial charge on any atom is -0.494 e. The molecular weight excluding hydrogens is 328 g/mol. The molecule has 0 N–H and O–H groups in total. The fourth-order valence-electron chi connectivity index (χ4n) is 3.74. The molecule has 0 saturated carbocycles. The van der Waals surface area contributed by atoms with Gasteiger partial charge in [0.05, 0.1) is 6.61 Å². The van der Waals surface area contributed by atoms with Crippen LogP contribution in [-0.4, -0.2) is 6.61 Å². The van der Waals surface area contributed by atoms with E-state index in [-0.39, 0.29) is 0 Å². The molecule has 0 amide bonds. The van der Waals surface area contributed by atoms with Gasteiger partial charge < -0.3 is 4.74 Å². The number of hydrogen-bond acceptors (Lipinski definition) is 1. The second kappa shape index (κ2) is 10.3. The van der Waals surface area contributed by atoms with Crippen LogP contribution in [0.2, 0.25) is 0 Å². The molecule has 3 rings (SSSR count). The van der Waals surface area contributed by atoms with Crippen molar-refractivity contribution in [3.8, 4) is 16.9 Å². The molecule has 0 heterocycles. The summed E-state index contributed by atoms with van der Waals surface area (Å²) in [5, 5.41) is 0. The van der Waals surface area contributed by atoms with E-state index in [2.05, 4.69) is 68.5 Å². The Bertz CT molecular complexity index is 709. The molecule has 1 atom stereocenters. The molecule has 0 saturated heterocycles. The van der Waals surface area contributed by atoms with Crippen molar-refractivity contribution >= 4 is 5.57 Å². The molecule has 1 heteroatoms. The maximum Gasteiger partial charge on any atom is 0.119 e. The Kier molecular flexibility index (Phi) is 7.56. The minimum atomic E-state index is 0.825. The largest absolute Gasteiger partial charge is 0.494 e. The van der Waals surface area contributed by atoms with Crippen molar-refractivity contribution in [3.05, 3.63) is 60.2 Å². The topological polar surface area (TPSA) is 9.23 Å². The average Bonchev–Trinajstić information content (AvgIpc) is 2.72. The Balaban J connectivity index is 1.52. The highest BCUT2D eigenvalue weighted by molar-refractivity contribution is 5.71. The molecule has 0 aromatic heterocycles. The first-order valence-corrected chi connectivity index (χ1v) is 10.8. The molecule has 0 spiro atoms. The van der Waals surface area contributed by atoms with Gasteiger partial charge in [0, 0.05) is 0 Å². The van der Waals surface area contributed by atoms with Crippen LogP contribution in [0.3, 0.4) is 0 Å². The van der Waals surface area contributed by atoms with Crippen LogP contribution in [0, 0.1) is 5.92 Å². The molecular formula is C26H34O. The Hall–Kier alpha value is -2.02. The van der Waals surface area contributed by atoms with Crippen LogP contribution >= 0.6 is 0 Å². The normalized spacial score (nSPS) is 16.8. The van der Waals surface area contributed by atoms with E-state index in [0.29, 0.717) is 0 Å². The SMILES string of the molecule is CCCCCCCOc1ccc(-c2ccc(C3=CCC(C)CC3)cc2)cc1. The molecule has 2 aromatic carbocycles. The van der Waals surface area contributed by atoms with Gasteiger partial charge in [-0.1, -0.05) is 82.0 Å². The lowest BCUT2D eigenvalue weighted by Crippen LogP contribution is -2.00. The summed E-state index contributed by atoms with van der Waals surface area (Å²) in [5.41, 5.74) is 5.42. The van der Waals surface area contributed by atoms with Crippen LogP contribution in [0.25, 0.3) is 16.7 Å². The van der Waals surface area contributed by atoms with E-state index in [0.717, 1.165) is 24.7 Å². The molecule has 0 radical (unpaired) electrons. The standard InChI is InChI=1S/C26H34O/c1-3-4-5-6-7-20-27-26-18-16-25(17-19-26)24-14-12-23(13-15-24)22-10-8-21(2)9-11-22/h10,12-19,21H,3-9,11,20H2,1-2H3. The summed E-state index contributed by atoms with van der Waals surface area (Å²) in [5.74, 6) is 1.82. The van der Waals surface area contributed by atoms with Crippen molar-refractivity contribution in [2.75, 3.05) is 6.61 Å². The number of ether oxygens (including phenoxy) is 1. The first kappa shape index (κ1) is 19.7. The predicted molar refractivity (Wildman–Crippen MR) is 117 cm³/mol. The third kappa shape index (κ3) is 5.99. The number of allylic oxidation sites excluding steroid dienone is 2. The number of hydrogen-bond donors (Lipinski definition) is 0. The second-order valence-corrected chi connectivity index (χ2v) is 7.97.